The fourth-order valence-corrected chi connectivity index (χ4v) is 2.53. The molecular weight excluding hydrogens is 224 g/mol. The number of hydrogen-bond acceptors (Lipinski definition) is 3. The Morgan fingerprint density at radius 2 is 2.11 bits per heavy atom. The van der Waals surface area contributed by atoms with Crippen LogP contribution in [0.2, 0.25) is 0 Å². The molecule has 3 heteroatoms. The van der Waals surface area contributed by atoms with Crippen LogP contribution in [0.15, 0.2) is 0 Å². The van der Waals surface area contributed by atoms with Gasteiger partial charge >= 0.3 is 0 Å². The van der Waals surface area contributed by atoms with Crippen LogP contribution >= 0.6 is 0 Å². The second-order valence-corrected chi connectivity index (χ2v) is 6.83. The number of nitrogens with one attached hydrogen (secondary N) is 1. The van der Waals surface area contributed by atoms with Gasteiger partial charge in [-0.3, -0.25) is 4.90 Å². The van der Waals surface area contributed by atoms with Gasteiger partial charge in [0.15, 0.2) is 0 Å². The van der Waals surface area contributed by atoms with E-state index in [1.165, 1.54) is 0 Å². The van der Waals surface area contributed by atoms with Crippen LogP contribution < -0.4 is 5.32 Å². The summed E-state index contributed by atoms with van der Waals surface area (Å²) in [6, 6.07) is 0. The van der Waals surface area contributed by atoms with Crippen molar-refractivity contribution in [3.05, 3.63) is 0 Å². The molecule has 1 aliphatic rings. The maximum atomic E-state index is 5.73. The molecule has 1 rings (SSSR count). The molecule has 1 fully saturated rings. The highest BCUT2D eigenvalue weighted by Crippen LogP contribution is 2.18. The number of morpholine rings is 1. The largest absolute Gasteiger partial charge is 0.376 e. The van der Waals surface area contributed by atoms with Gasteiger partial charge in [0.25, 0.3) is 0 Å². The molecule has 0 radical (unpaired) electrons. The molecule has 0 aliphatic carbocycles. The number of nitrogens with zero attached hydrogens (tertiary/aromatic N) is 1. The summed E-state index contributed by atoms with van der Waals surface area (Å²) in [5, 5.41) is 3.58. The lowest BCUT2D eigenvalue weighted by Crippen LogP contribution is -2.48. The molecule has 0 aromatic carbocycles. The molecule has 1 atom stereocenters. The first-order chi connectivity index (χ1) is 8.43. The maximum Gasteiger partial charge on any atom is 0.0700 e. The van der Waals surface area contributed by atoms with Crippen LogP contribution in [0.5, 0.6) is 0 Å². The summed E-state index contributed by atoms with van der Waals surface area (Å²) in [4.78, 5) is 2.56. The molecule has 1 aliphatic heterocycles. The molecule has 0 spiro atoms. The van der Waals surface area contributed by atoms with E-state index in [2.05, 4.69) is 44.8 Å². The van der Waals surface area contributed by atoms with Crippen LogP contribution in [0.1, 0.15) is 41.0 Å². The molecule has 1 heterocycles. The van der Waals surface area contributed by atoms with E-state index in [0.29, 0.717) is 11.5 Å². The molecule has 0 saturated carbocycles. The van der Waals surface area contributed by atoms with Gasteiger partial charge in [0, 0.05) is 26.2 Å². The Kier molecular flexibility index (Phi) is 6.61. The molecule has 1 saturated heterocycles. The molecule has 0 aromatic rings. The first kappa shape index (κ1) is 15.9. The summed E-state index contributed by atoms with van der Waals surface area (Å²) in [7, 11) is 0. The normalized spacial score (nSPS) is 22.7. The van der Waals surface area contributed by atoms with Crippen molar-refractivity contribution in [3.63, 3.8) is 0 Å². The SMILES string of the molecule is CCC1CN(CC(C)(C)CNCC(C)C)CCO1. The summed E-state index contributed by atoms with van der Waals surface area (Å²) in [5.74, 6) is 0.730. The van der Waals surface area contributed by atoms with Crippen molar-refractivity contribution in [2.24, 2.45) is 11.3 Å². The van der Waals surface area contributed by atoms with Gasteiger partial charge in [0.1, 0.15) is 0 Å². The zero-order valence-electron chi connectivity index (χ0n) is 13.0. The van der Waals surface area contributed by atoms with Gasteiger partial charge < -0.3 is 10.1 Å². The standard InChI is InChI=1S/C15H32N2O/c1-6-14-10-17(7-8-18-14)12-15(4,5)11-16-9-13(2)3/h13-14,16H,6-12H2,1-5H3. The summed E-state index contributed by atoms with van der Waals surface area (Å²) in [6.07, 6.45) is 1.57. The summed E-state index contributed by atoms with van der Waals surface area (Å²) in [5.41, 5.74) is 0.338. The highest BCUT2D eigenvalue weighted by molar-refractivity contribution is 4.80. The zero-order valence-corrected chi connectivity index (χ0v) is 13.0. The fraction of sp³-hybridized carbons (Fsp3) is 1.00. The molecule has 1 N–H and O–H groups in total. The van der Waals surface area contributed by atoms with E-state index in [0.717, 1.165) is 51.7 Å². The number of hydrogen-bond donors (Lipinski definition) is 1. The summed E-state index contributed by atoms with van der Waals surface area (Å²) < 4.78 is 5.73. The smallest absolute Gasteiger partial charge is 0.0700 e. The number of rotatable bonds is 7. The Balaban J connectivity index is 2.30. The van der Waals surface area contributed by atoms with Gasteiger partial charge in [0.2, 0.25) is 0 Å². The van der Waals surface area contributed by atoms with Crippen molar-refractivity contribution in [1.82, 2.24) is 10.2 Å². The van der Waals surface area contributed by atoms with E-state index >= 15 is 0 Å². The minimum Gasteiger partial charge on any atom is -0.376 e. The molecular formula is C15H32N2O. The predicted molar refractivity (Wildman–Crippen MR) is 78.0 cm³/mol. The fourth-order valence-electron chi connectivity index (χ4n) is 2.53. The lowest BCUT2D eigenvalue weighted by Gasteiger charge is -2.38. The van der Waals surface area contributed by atoms with Crippen molar-refractivity contribution in [3.8, 4) is 0 Å². The van der Waals surface area contributed by atoms with Crippen LogP contribution in [0.4, 0.5) is 0 Å². The monoisotopic (exact) mass is 256 g/mol. The van der Waals surface area contributed by atoms with E-state index < -0.39 is 0 Å². The van der Waals surface area contributed by atoms with E-state index in [-0.39, 0.29) is 0 Å². The van der Waals surface area contributed by atoms with Crippen molar-refractivity contribution >= 4 is 0 Å². The van der Waals surface area contributed by atoms with E-state index in [1.807, 2.05) is 0 Å². The second kappa shape index (κ2) is 7.46. The third-order valence-electron chi connectivity index (χ3n) is 3.49. The molecule has 3 nitrogen and oxygen atoms in total. The average molecular weight is 256 g/mol. The highest BCUT2D eigenvalue weighted by atomic mass is 16.5. The van der Waals surface area contributed by atoms with Crippen LogP contribution in [0.25, 0.3) is 0 Å². The minimum absolute atomic E-state index is 0.338. The Morgan fingerprint density at radius 1 is 1.39 bits per heavy atom. The molecule has 0 amide bonds. The molecule has 1 unspecified atom stereocenters. The maximum absolute atomic E-state index is 5.73. The number of ether oxygens (including phenoxy) is 1. The van der Waals surface area contributed by atoms with Crippen LogP contribution in [0.3, 0.4) is 0 Å². The third kappa shape index (κ3) is 6.17. The van der Waals surface area contributed by atoms with Crippen molar-refractivity contribution in [1.29, 1.82) is 0 Å². The Labute approximate surface area is 113 Å². The van der Waals surface area contributed by atoms with Gasteiger partial charge in [-0.05, 0) is 24.3 Å². The van der Waals surface area contributed by atoms with Crippen molar-refractivity contribution in [2.75, 3.05) is 39.3 Å². The molecule has 0 aromatic heterocycles. The lowest BCUT2D eigenvalue weighted by molar-refractivity contribution is -0.0394. The zero-order chi connectivity index (χ0) is 13.6. The second-order valence-electron chi connectivity index (χ2n) is 6.83. The van der Waals surface area contributed by atoms with Crippen molar-refractivity contribution < 1.29 is 4.74 Å². The van der Waals surface area contributed by atoms with Crippen molar-refractivity contribution in [2.45, 2.75) is 47.1 Å². The Morgan fingerprint density at radius 3 is 2.72 bits per heavy atom. The molecule has 18 heavy (non-hydrogen) atoms. The molecule has 0 bridgehead atoms. The highest BCUT2D eigenvalue weighted by Gasteiger charge is 2.25. The summed E-state index contributed by atoms with van der Waals surface area (Å²) in [6.45, 7) is 17.9. The van der Waals surface area contributed by atoms with E-state index in [9.17, 15) is 0 Å². The Hall–Kier alpha value is -0.120. The van der Waals surface area contributed by atoms with Crippen LogP contribution in [-0.2, 0) is 4.74 Å². The van der Waals surface area contributed by atoms with E-state index in [1.54, 1.807) is 0 Å². The van der Waals surface area contributed by atoms with Crippen LogP contribution in [0, 0.1) is 11.3 Å². The summed E-state index contributed by atoms with van der Waals surface area (Å²) >= 11 is 0. The quantitative estimate of drug-likeness (QED) is 0.757. The average Bonchev–Trinajstić information content (AvgIpc) is 2.27. The first-order valence-electron chi connectivity index (χ1n) is 7.47. The van der Waals surface area contributed by atoms with Gasteiger partial charge in [-0.1, -0.05) is 34.6 Å². The third-order valence-corrected chi connectivity index (χ3v) is 3.49. The first-order valence-corrected chi connectivity index (χ1v) is 7.47. The van der Waals surface area contributed by atoms with Gasteiger partial charge in [-0.25, -0.2) is 0 Å². The Bertz CT molecular complexity index is 229. The molecule has 108 valence electrons. The lowest BCUT2D eigenvalue weighted by atomic mass is 9.92. The topological polar surface area (TPSA) is 24.5 Å². The minimum atomic E-state index is 0.338. The van der Waals surface area contributed by atoms with Gasteiger partial charge in [0.05, 0.1) is 12.7 Å². The van der Waals surface area contributed by atoms with Gasteiger partial charge in [-0.2, -0.15) is 0 Å². The van der Waals surface area contributed by atoms with E-state index in [4.69, 9.17) is 4.74 Å². The predicted octanol–water partition coefficient (Wildman–Crippen LogP) is 2.37. The van der Waals surface area contributed by atoms with Crippen LogP contribution in [-0.4, -0.2) is 50.3 Å². The van der Waals surface area contributed by atoms with Gasteiger partial charge in [-0.15, -0.1) is 0 Å².